The molecule has 0 radical (unpaired) electrons. The molecule has 1 aromatic rings. The normalized spacial score (nSPS) is 23.8. The SMILES string of the molecule is CCP1(=O)NC(=O)c2cc(Br)cc(C)c21. The van der Waals surface area contributed by atoms with Crippen LogP contribution < -0.4 is 10.4 Å². The molecule has 0 bridgehead atoms. The third kappa shape index (κ3) is 1.56. The third-order valence-corrected chi connectivity index (χ3v) is 5.83. The molecule has 1 N–H and O–H groups in total. The molecule has 1 heterocycles. The van der Waals surface area contributed by atoms with E-state index in [1.165, 1.54) is 0 Å². The highest BCUT2D eigenvalue weighted by Gasteiger charge is 2.38. The minimum Gasteiger partial charge on any atom is -0.299 e. The number of benzene rings is 1. The number of fused-ring (bicyclic) bond motifs is 1. The summed E-state index contributed by atoms with van der Waals surface area (Å²) in [6, 6.07) is 3.62. The van der Waals surface area contributed by atoms with Crippen molar-refractivity contribution >= 4 is 34.4 Å². The molecule has 1 aromatic carbocycles. The first-order valence-corrected chi connectivity index (χ1v) is 7.39. The summed E-state index contributed by atoms with van der Waals surface area (Å²) in [6.45, 7) is 3.71. The highest BCUT2D eigenvalue weighted by atomic mass is 79.9. The van der Waals surface area contributed by atoms with Crippen LogP contribution in [0, 0.1) is 6.92 Å². The average Bonchev–Trinajstić information content (AvgIpc) is 2.39. The van der Waals surface area contributed by atoms with Gasteiger partial charge < -0.3 is 0 Å². The molecular formula is C10H11BrNO2P. The molecule has 1 atom stereocenters. The second-order valence-corrected chi connectivity index (χ2v) is 7.31. The first-order valence-electron chi connectivity index (χ1n) is 4.70. The van der Waals surface area contributed by atoms with Crippen molar-refractivity contribution in [1.29, 1.82) is 0 Å². The van der Waals surface area contributed by atoms with Crippen molar-refractivity contribution in [1.82, 2.24) is 5.09 Å². The van der Waals surface area contributed by atoms with Crippen molar-refractivity contribution in [3.8, 4) is 0 Å². The van der Waals surface area contributed by atoms with E-state index in [0.717, 1.165) is 10.0 Å². The lowest BCUT2D eigenvalue weighted by molar-refractivity contribution is 0.0986. The summed E-state index contributed by atoms with van der Waals surface area (Å²) in [4.78, 5) is 11.6. The average molecular weight is 288 g/mol. The number of aryl methyl sites for hydroxylation is 1. The second kappa shape index (κ2) is 3.46. The van der Waals surface area contributed by atoms with Crippen LogP contribution in [0.25, 0.3) is 0 Å². The van der Waals surface area contributed by atoms with Gasteiger partial charge in [0.25, 0.3) is 5.91 Å². The number of halogens is 1. The summed E-state index contributed by atoms with van der Waals surface area (Å²) in [7, 11) is -2.67. The van der Waals surface area contributed by atoms with E-state index in [4.69, 9.17) is 0 Å². The highest BCUT2D eigenvalue weighted by Crippen LogP contribution is 2.46. The topological polar surface area (TPSA) is 46.2 Å². The Bertz CT molecular complexity index is 498. The van der Waals surface area contributed by atoms with E-state index in [1.54, 1.807) is 6.07 Å². The van der Waals surface area contributed by atoms with Crippen LogP contribution in [-0.4, -0.2) is 12.1 Å². The zero-order valence-corrected chi connectivity index (χ0v) is 11.0. The van der Waals surface area contributed by atoms with E-state index in [-0.39, 0.29) is 5.91 Å². The van der Waals surface area contributed by atoms with Gasteiger partial charge in [0, 0.05) is 15.9 Å². The van der Waals surface area contributed by atoms with Gasteiger partial charge in [0.1, 0.15) is 0 Å². The molecule has 0 aliphatic carbocycles. The molecule has 1 unspecified atom stereocenters. The fraction of sp³-hybridized carbons (Fsp3) is 0.300. The Kier molecular flexibility index (Phi) is 2.52. The van der Waals surface area contributed by atoms with Crippen molar-refractivity contribution in [2.45, 2.75) is 13.8 Å². The Morgan fingerprint density at radius 2 is 2.13 bits per heavy atom. The van der Waals surface area contributed by atoms with Crippen LogP contribution >= 0.6 is 23.2 Å². The Morgan fingerprint density at radius 1 is 1.47 bits per heavy atom. The Morgan fingerprint density at radius 3 is 2.73 bits per heavy atom. The smallest absolute Gasteiger partial charge is 0.257 e. The van der Waals surface area contributed by atoms with Crippen molar-refractivity contribution in [2.75, 3.05) is 6.16 Å². The molecule has 1 amide bonds. The van der Waals surface area contributed by atoms with Gasteiger partial charge in [-0.2, -0.15) is 0 Å². The molecule has 80 valence electrons. The number of rotatable bonds is 1. The van der Waals surface area contributed by atoms with Crippen molar-refractivity contribution in [3.05, 3.63) is 27.7 Å². The molecule has 0 saturated carbocycles. The highest BCUT2D eigenvalue weighted by molar-refractivity contribution is 9.10. The van der Waals surface area contributed by atoms with E-state index >= 15 is 0 Å². The molecule has 2 rings (SSSR count). The van der Waals surface area contributed by atoms with Gasteiger partial charge >= 0.3 is 0 Å². The number of carbonyl (C=O) groups excluding carboxylic acids is 1. The van der Waals surface area contributed by atoms with Crippen molar-refractivity contribution in [2.24, 2.45) is 0 Å². The van der Waals surface area contributed by atoms with E-state index in [2.05, 4.69) is 21.0 Å². The molecule has 5 heteroatoms. The van der Waals surface area contributed by atoms with Gasteiger partial charge in [0.2, 0.25) is 7.29 Å². The first kappa shape index (κ1) is 10.9. The van der Waals surface area contributed by atoms with Gasteiger partial charge in [-0.15, -0.1) is 0 Å². The molecule has 1 aliphatic rings. The summed E-state index contributed by atoms with van der Waals surface area (Å²) in [5.74, 6) is -0.223. The fourth-order valence-electron chi connectivity index (χ4n) is 1.91. The number of hydrogen-bond donors (Lipinski definition) is 1. The van der Waals surface area contributed by atoms with E-state index in [0.29, 0.717) is 17.0 Å². The van der Waals surface area contributed by atoms with Gasteiger partial charge in [-0.05, 0) is 24.6 Å². The number of amides is 1. The van der Waals surface area contributed by atoms with Gasteiger partial charge in [-0.25, -0.2) is 0 Å². The number of hydrogen-bond acceptors (Lipinski definition) is 2. The van der Waals surface area contributed by atoms with Crippen LogP contribution in [0.3, 0.4) is 0 Å². The quantitative estimate of drug-likeness (QED) is 0.807. The van der Waals surface area contributed by atoms with Gasteiger partial charge in [-0.1, -0.05) is 22.9 Å². The first-order chi connectivity index (χ1) is 6.98. The monoisotopic (exact) mass is 287 g/mol. The summed E-state index contributed by atoms with van der Waals surface area (Å²) in [5, 5.41) is 3.32. The predicted octanol–water partition coefficient (Wildman–Crippen LogP) is 2.42. The zero-order valence-electron chi connectivity index (χ0n) is 8.50. The molecule has 0 fully saturated rings. The summed E-state index contributed by atoms with van der Waals surface area (Å²) >= 11 is 3.33. The largest absolute Gasteiger partial charge is 0.299 e. The Balaban J connectivity index is 2.77. The van der Waals surface area contributed by atoms with Crippen LogP contribution in [0.15, 0.2) is 16.6 Å². The molecular weight excluding hydrogens is 277 g/mol. The molecule has 0 spiro atoms. The standard InChI is InChI=1S/C10H11BrNO2P/c1-3-15(14)9-6(2)4-7(11)5-8(9)10(13)12-15/h4-5H,3H2,1-2H3,(H,12,13,14). The maximum absolute atomic E-state index is 12.4. The van der Waals surface area contributed by atoms with Crippen LogP contribution in [0.1, 0.15) is 22.8 Å². The van der Waals surface area contributed by atoms with E-state index < -0.39 is 7.29 Å². The second-order valence-electron chi connectivity index (χ2n) is 3.62. The minimum absolute atomic E-state index is 0.223. The van der Waals surface area contributed by atoms with Gasteiger partial charge in [0.15, 0.2) is 0 Å². The molecule has 3 nitrogen and oxygen atoms in total. The van der Waals surface area contributed by atoms with Crippen LogP contribution in [0.2, 0.25) is 0 Å². The predicted molar refractivity (Wildman–Crippen MR) is 64.1 cm³/mol. The van der Waals surface area contributed by atoms with E-state index in [1.807, 2.05) is 19.9 Å². The fourth-order valence-corrected chi connectivity index (χ4v) is 4.70. The van der Waals surface area contributed by atoms with Crippen molar-refractivity contribution < 1.29 is 9.36 Å². The van der Waals surface area contributed by atoms with Crippen LogP contribution in [-0.2, 0) is 4.57 Å². The molecule has 1 aliphatic heterocycles. The maximum Gasteiger partial charge on any atom is 0.257 e. The lowest BCUT2D eigenvalue weighted by atomic mass is 10.1. The van der Waals surface area contributed by atoms with Crippen LogP contribution in [0.5, 0.6) is 0 Å². The Labute approximate surface area is 96.8 Å². The lowest BCUT2D eigenvalue weighted by Gasteiger charge is -2.12. The maximum atomic E-state index is 12.4. The summed E-state index contributed by atoms with van der Waals surface area (Å²) in [6.07, 6.45) is 0.466. The summed E-state index contributed by atoms with van der Waals surface area (Å²) < 4.78 is 13.2. The zero-order chi connectivity index (χ0) is 11.2. The van der Waals surface area contributed by atoms with Crippen LogP contribution in [0.4, 0.5) is 0 Å². The molecule has 0 saturated heterocycles. The number of carbonyl (C=O) groups is 1. The van der Waals surface area contributed by atoms with Gasteiger partial charge in [0.05, 0.1) is 5.56 Å². The molecule has 0 aromatic heterocycles. The third-order valence-electron chi connectivity index (χ3n) is 2.60. The van der Waals surface area contributed by atoms with Gasteiger partial charge in [-0.3, -0.25) is 14.4 Å². The summed E-state index contributed by atoms with van der Waals surface area (Å²) in [5.41, 5.74) is 1.45. The lowest BCUT2D eigenvalue weighted by Crippen LogP contribution is -2.14. The van der Waals surface area contributed by atoms with Crippen molar-refractivity contribution in [3.63, 3.8) is 0 Å². The minimum atomic E-state index is -2.67. The number of nitrogens with one attached hydrogen (secondary N) is 1. The molecule has 15 heavy (non-hydrogen) atoms. The Hall–Kier alpha value is -0.600. The van der Waals surface area contributed by atoms with E-state index in [9.17, 15) is 9.36 Å².